The van der Waals surface area contributed by atoms with Crippen LogP contribution < -0.4 is 10.1 Å². The van der Waals surface area contributed by atoms with E-state index in [0.717, 1.165) is 0 Å². The second kappa shape index (κ2) is 5.83. The molecular formula is C10H11F5N2O. The Kier molecular flexibility index (Phi) is 4.69. The van der Waals surface area contributed by atoms with Gasteiger partial charge in [0.1, 0.15) is 0 Å². The molecule has 1 aromatic heterocycles. The number of hydrogen-bond acceptors (Lipinski definition) is 3. The van der Waals surface area contributed by atoms with E-state index in [1.807, 2.05) is 0 Å². The zero-order valence-electron chi connectivity index (χ0n) is 9.44. The molecule has 1 rings (SSSR count). The van der Waals surface area contributed by atoms with Crippen LogP contribution in [0, 0.1) is 11.6 Å². The van der Waals surface area contributed by atoms with Crippen molar-refractivity contribution in [2.24, 2.45) is 0 Å². The molecule has 0 aliphatic heterocycles. The van der Waals surface area contributed by atoms with Gasteiger partial charge in [0.05, 0.1) is 0 Å². The monoisotopic (exact) mass is 270 g/mol. The van der Waals surface area contributed by atoms with E-state index in [-0.39, 0.29) is 5.82 Å². The summed E-state index contributed by atoms with van der Waals surface area (Å²) in [5.74, 6) is -3.48. The quantitative estimate of drug-likeness (QED) is 0.835. The molecule has 102 valence electrons. The van der Waals surface area contributed by atoms with Crippen LogP contribution in [0.25, 0.3) is 0 Å². The predicted molar refractivity (Wildman–Crippen MR) is 54.5 cm³/mol. The van der Waals surface area contributed by atoms with Crippen LogP contribution in [0.5, 0.6) is 5.88 Å². The molecule has 0 unspecified atom stereocenters. The minimum atomic E-state index is -4.61. The van der Waals surface area contributed by atoms with Crippen molar-refractivity contribution >= 4 is 5.82 Å². The molecule has 1 heterocycles. The van der Waals surface area contributed by atoms with E-state index >= 15 is 0 Å². The zero-order valence-corrected chi connectivity index (χ0v) is 9.44. The number of ether oxygens (including phenoxy) is 1. The third-order valence-corrected chi connectivity index (χ3v) is 1.81. The molecule has 0 aliphatic rings. The standard InChI is InChI=1S/C10H11F5N2O/c1-2-3-16-8-6(11)4-7(12)9(17-8)18-5-10(13,14)15/h4H,2-3,5H2,1H3,(H,16,17). The van der Waals surface area contributed by atoms with Crippen LogP contribution >= 0.6 is 0 Å². The topological polar surface area (TPSA) is 34.2 Å². The largest absolute Gasteiger partial charge is 0.466 e. The average Bonchev–Trinajstić information content (AvgIpc) is 2.25. The average molecular weight is 270 g/mol. The Morgan fingerprint density at radius 2 is 1.94 bits per heavy atom. The minimum Gasteiger partial charge on any atom is -0.466 e. The summed E-state index contributed by atoms with van der Waals surface area (Å²) in [6.45, 7) is 0.472. The fourth-order valence-corrected chi connectivity index (χ4v) is 1.07. The Balaban J connectivity index is 2.84. The summed E-state index contributed by atoms with van der Waals surface area (Å²) >= 11 is 0. The van der Waals surface area contributed by atoms with Gasteiger partial charge in [-0.25, -0.2) is 8.78 Å². The maximum atomic E-state index is 13.2. The van der Waals surface area contributed by atoms with E-state index in [9.17, 15) is 22.0 Å². The van der Waals surface area contributed by atoms with Gasteiger partial charge in [-0.2, -0.15) is 18.2 Å². The SMILES string of the molecule is CCCNc1nc(OCC(F)(F)F)c(F)cc1F. The van der Waals surface area contributed by atoms with Gasteiger partial charge in [-0.1, -0.05) is 6.92 Å². The molecule has 0 aromatic carbocycles. The highest BCUT2D eigenvalue weighted by Crippen LogP contribution is 2.23. The molecule has 3 nitrogen and oxygen atoms in total. The van der Waals surface area contributed by atoms with Gasteiger partial charge < -0.3 is 10.1 Å². The fraction of sp³-hybridized carbons (Fsp3) is 0.500. The van der Waals surface area contributed by atoms with E-state index in [4.69, 9.17) is 0 Å². The number of nitrogens with zero attached hydrogens (tertiary/aromatic N) is 1. The van der Waals surface area contributed by atoms with Crippen LogP contribution in [0.1, 0.15) is 13.3 Å². The molecule has 0 saturated carbocycles. The van der Waals surface area contributed by atoms with Crippen LogP contribution in [-0.4, -0.2) is 24.3 Å². The second-order valence-electron chi connectivity index (χ2n) is 3.44. The third-order valence-electron chi connectivity index (χ3n) is 1.81. The first-order chi connectivity index (χ1) is 8.33. The summed E-state index contributed by atoms with van der Waals surface area (Å²) in [5, 5.41) is 2.51. The van der Waals surface area contributed by atoms with E-state index in [0.29, 0.717) is 19.0 Å². The van der Waals surface area contributed by atoms with Crippen molar-refractivity contribution in [2.45, 2.75) is 19.5 Å². The Hall–Kier alpha value is -1.60. The van der Waals surface area contributed by atoms with Gasteiger partial charge in [0.15, 0.2) is 24.1 Å². The van der Waals surface area contributed by atoms with Crippen molar-refractivity contribution in [1.29, 1.82) is 0 Å². The molecule has 0 aliphatic carbocycles. The molecule has 8 heteroatoms. The van der Waals surface area contributed by atoms with Crippen LogP contribution in [-0.2, 0) is 0 Å². The van der Waals surface area contributed by atoms with Crippen LogP contribution in [0.3, 0.4) is 0 Å². The summed E-state index contributed by atoms with van der Waals surface area (Å²) in [5.41, 5.74) is 0. The fourth-order valence-electron chi connectivity index (χ4n) is 1.07. The van der Waals surface area contributed by atoms with Gasteiger partial charge in [-0.15, -0.1) is 0 Å². The highest BCUT2D eigenvalue weighted by atomic mass is 19.4. The highest BCUT2D eigenvalue weighted by molar-refractivity contribution is 5.39. The van der Waals surface area contributed by atoms with Gasteiger partial charge in [-0.05, 0) is 6.42 Å². The first-order valence-corrected chi connectivity index (χ1v) is 5.13. The molecule has 0 spiro atoms. The summed E-state index contributed by atoms with van der Waals surface area (Å²) < 4.78 is 66.1. The summed E-state index contributed by atoms with van der Waals surface area (Å²) in [6.07, 6.45) is -3.96. The van der Waals surface area contributed by atoms with Crippen molar-refractivity contribution in [3.8, 4) is 5.88 Å². The molecule has 1 aromatic rings. The van der Waals surface area contributed by atoms with Crippen molar-refractivity contribution < 1.29 is 26.7 Å². The molecule has 0 amide bonds. The second-order valence-corrected chi connectivity index (χ2v) is 3.44. The molecule has 0 atom stereocenters. The maximum Gasteiger partial charge on any atom is 0.422 e. The Morgan fingerprint density at radius 1 is 1.28 bits per heavy atom. The number of hydrogen-bond donors (Lipinski definition) is 1. The Bertz CT molecular complexity index is 408. The number of nitrogens with one attached hydrogen (secondary N) is 1. The highest BCUT2D eigenvalue weighted by Gasteiger charge is 2.29. The summed E-state index contributed by atoms with van der Waals surface area (Å²) in [7, 11) is 0. The number of halogens is 5. The van der Waals surface area contributed by atoms with Gasteiger partial charge in [-0.3, -0.25) is 0 Å². The molecule has 0 bridgehead atoms. The number of anilines is 1. The molecule has 0 radical (unpaired) electrons. The normalized spacial score (nSPS) is 11.4. The van der Waals surface area contributed by atoms with Crippen molar-refractivity contribution in [2.75, 3.05) is 18.5 Å². The lowest BCUT2D eigenvalue weighted by Gasteiger charge is -2.11. The maximum absolute atomic E-state index is 13.2. The van der Waals surface area contributed by atoms with Crippen LogP contribution in [0.15, 0.2) is 6.07 Å². The molecular weight excluding hydrogens is 259 g/mol. The molecule has 0 fully saturated rings. The van der Waals surface area contributed by atoms with Crippen molar-refractivity contribution in [1.82, 2.24) is 4.98 Å². The number of rotatable bonds is 5. The van der Waals surface area contributed by atoms with Gasteiger partial charge >= 0.3 is 6.18 Å². The first-order valence-electron chi connectivity index (χ1n) is 5.13. The smallest absolute Gasteiger partial charge is 0.422 e. The first kappa shape index (κ1) is 14.5. The summed E-state index contributed by atoms with van der Waals surface area (Å²) in [6, 6.07) is 0.427. The number of aromatic nitrogens is 1. The van der Waals surface area contributed by atoms with E-state index in [1.54, 1.807) is 6.92 Å². The van der Waals surface area contributed by atoms with E-state index in [1.165, 1.54) is 0 Å². The van der Waals surface area contributed by atoms with Crippen molar-refractivity contribution in [3.05, 3.63) is 17.7 Å². The zero-order chi connectivity index (χ0) is 13.8. The molecule has 18 heavy (non-hydrogen) atoms. The lowest BCUT2D eigenvalue weighted by Crippen LogP contribution is -2.20. The Labute approximate surface area is 100.0 Å². The third kappa shape index (κ3) is 4.34. The minimum absolute atomic E-state index is 0.338. The van der Waals surface area contributed by atoms with Crippen LogP contribution in [0.2, 0.25) is 0 Å². The lowest BCUT2D eigenvalue weighted by molar-refractivity contribution is -0.154. The summed E-state index contributed by atoms with van der Waals surface area (Å²) in [4.78, 5) is 3.33. The van der Waals surface area contributed by atoms with Crippen LogP contribution in [0.4, 0.5) is 27.8 Å². The van der Waals surface area contributed by atoms with Gasteiger partial charge in [0.2, 0.25) is 0 Å². The van der Waals surface area contributed by atoms with Crippen molar-refractivity contribution in [3.63, 3.8) is 0 Å². The Morgan fingerprint density at radius 3 is 2.50 bits per heavy atom. The number of alkyl halides is 3. The van der Waals surface area contributed by atoms with Gasteiger partial charge in [0, 0.05) is 12.6 Å². The van der Waals surface area contributed by atoms with E-state index in [2.05, 4.69) is 15.0 Å². The van der Waals surface area contributed by atoms with Gasteiger partial charge in [0.25, 0.3) is 5.88 Å². The molecule has 0 saturated heterocycles. The number of pyridine rings is 1. The lowest BCUT2D eigenvalue weighted by atomic mass is 10.4. The predicted octanol–water partition coefficient (Wildman–Crippen LogP) is 3.12. The van der Waals surface area contributed by atoms with E-state index < -0.39 is 30.3 Å². The molecule has 1 N–H and O–H groups in total.